The van der Waals surface area contributed by atoms with Crippen molar-refractivity contribution in [1.29, 1.82) is 0 Å². The van der Waals surface area contributed by atoms with E-state index in [4.69, 9.17) is 10.5 Å². The van der Waals surface area contributed by atoms with Crippen LogP contribution in [0, 0.1) is 0 Å². The van der Waals surface area contributed by atoms with Crippen LogP contribution in [0.5, 0.6) is 0 Å². The Morgan fingerprint density at radius 3 is 2.17 bits per heavy atom. The number of rotatable bonds is 10. The molecule has 0 amide bonds. The minimum Gasteiger partial charge on any atom is -0.468 e. The summed E-state index contributed by atoms with van der Waals surface area (Å²) >= 11 is 0. The number of methoxy groups -OCH3 is 1. The average Bonchev–Trinajstić information content (AvgIpc) is 2.41. The van der Waals surface area contributed by atoms with Crippen LogP contribution < -0.4 is 5.73 Å². The number of carbonyl (C=O) groups excluding carboxylic acids is 1. The van der Waals surface area contributed by atoms with Gasteiger partial charge in [-0.25, -0.2) is 0 Å². The molecule has 0 aromatic rings. The van der Waals surface area contributed by atoms with Crippen LogP contribution in [0.2, 0.25) is 0 Å². The highest BCUT2D eigenvalue weighted by Crippen LogP contribution is 2.03. The first-order valence-corrected chi connectivity index (χ1v) is 6.88. The summed E-state index contributed by atoms with van der Waals surface area (Å²) in [6.07, 6.45) is 1.04. The third-order valence-corrected chi connectivity index (χ3v) is 3.36. The van der Waals surface area contributed by atoms with E-state index in [1.54, 1.807) is 0 Å². The van der Waals surface area contributed by atoms with Crippen LogP contribution >= 0.6 is 0 Å². The molecule has 5 heteroatoms. The van der Waals surface area contributed by atoms with Gasteiger partial charge in [-0.3, -0.25) is 9.69 Å². The lowest BCUT2D eigenvalue weighted by atomic mass is 10.2. The van der Waals surface area contributed by atoms with Gasteiger partial charge >= 0.3 is 5.97 Å². The lowest BCUT2D eigenvalue weighted by Gasteiger charge is -2.28. The Labute approximate surface area is 111 Å². The van der Waals surface area contributed by atoms with E-state index in [2.05, 4.69) is 23.6 Å². The summed E-state index contributed by atoms with van der Waals surface area (Å²) in [5.41, 5.74) is 5.66. The zero-order chi connectivity index (χ0) is 14.0. The molecule has 0 radical (unpaired) electrons. The molecule has 0 saturated heterocycles. The molecule has 0 aliphatic carbocycles. The van der Waals surface area contributed by atoms with Crippen molar-refractivity contribution in [2.24, 2.45) is 5.73 Å². The van der Waals surface area contributed by atoms with Crippen molar-refractivity contribution >= 4 is 5.97 Å². The number of hydrogen-bond donors (Lipinski definition) is 1. The second kappa shape index (κ2) is 10.3. The molecule has 0 rings (SSSR count). The predicted octanol–water partition coefficient (Wildman–Crippen LogP) is 0.541. The van der Waals surface area contributed by atoms with E-state index >= 15 is 0 Å². The van der Waals surface area contributed by atoms with Crippen LogP contribution in [0.1, 0.15) is 27.2 Å². The van der Waals surface area contributed by atoms with E-state index in [0.717, 1.165) is 39.1 Å². The zero-order valence-corrected chi connectivity index (χ0v) is 12.3. The fourth-order valence-electron chi connectivity index (χ4n) is 2.10. The molecule has 0 spiro atoms. The summed E-state index contributed by atoms with van der Waals surface area (Å²) in [5.74, 6) is -0.234. The maximum absolute atomic E-state index is 11.6. The van der Waals surface area contributed by atoms with Crippen LogP contribution in [-0.4, -0.2) is 68.2 Å². The van der Waals surface area contributed by atoms with Gasteiger partial charge < -0.3 is 15.4 Å². The molecule has 0 bridgehead atoms. The summed E-state index contributed by atoms with van der Waals surface area (Å²) in [6, 6.07) is -0.309. The molecule has 0 aliphatic heterocycles. The largest absolute Gasteiger partial charge is 0.468 e. The molecule has 2 N–H and O–H groups in total. The van der Waals surface area contributed by atoms with E-state index in [9.17, 15) is 4.79 Å². The SMILES string of the molecule is CCN(CC)CCCN(CC)C(CN)C(=O)OC. The van der Waals surface area contributed by atoms with E-state index in [1.807, 2.05) is 6.92 Å². The minimum atomic E-state index is -0.309. The molecule has 108 valence electrons. The van der Waals surface area contributed by atoms with Crippen molar-refractivity contribution in [3.63, 3.8) is 0 Å². The lowest BCUT2D eigenvalue weighted by molar-refractivity contribution is -0.146. The number of ether oxygens (including phenoxy) is 1. The smallest absolute Gasteiger partial charge is 0.324 e. The van der Waals surface area contributed by atoms with E-state index in [-0.39, 0.29) is 12.0 Å². The van der Waals surface area contributed by atoms with Crippen molar-refractivity contribution in [1.82, 2.24) is 9.80 Å². The van der Waals surface area contributed by atoms with Crippen molar-refractivity contribution in [2.45, 2.75) is 33.2 Å². The van der Waals surface area contributed by atoms with Crippen molar-refractivity contribution < 1.29 is 9.53 Å². The lowest BCUT2D eigenvalue weighted by Crippen LogP contribution is -2.47. The monoisotopic (exact) mass is 259 g/mol. The predicted molar refractivity (Wildman–Crippen MR) is 74.5 cm³/mol. The molecule has 0 aromatic heterocycles. The van der Waals surface area contributed by atoms with Crippen molar-refractivity contribution in [3.8, 4) is 0 Å². The highest BCUT2D eigenvalue weighted by Gasteiger charge is 2.23. The summed E-state index contributed by atoms with van der Waals surface area (Å²) in [7, 11) is 1.41. The highest BCUT2D eigenvalue weighted by molar-refractivity contribution is 5.75. The topological polar surface area (TPSA) is 58.8 Å². The molecule has 0 fully saturated rings. The van der Waals surface area contributed by atoms with Gasteiger partial charge in [-0.1, -0.05) is 20.8 Å². The Morgan fingerprint density at radius 2 is 1.78 bits per heavy atom. The molecule has 0 aromatic carbocycles. The summed E-state index contributed by atoms with van der Waals surface area (Å²) in [4.78, 5) is 16.1. The zero-order valence-electron chi connectivity index (χ0n) is 12.3. The van der Waals surface area contributed by atoms with Gasteiger partial charge in [0.15, 0.2) is 0 Å². The summed E-state index contributed by atoms with van der Waals surface area (Å²) < 4.78 is 4.78. The van der Waals surface area contributed by atoms with Gasteiger partial charge in [-0.15, -0.1) is 0 Å². The van der Waals surface area contributed by atoms with E-state index < -0.39 is 0 Å². The van der Waals surface area contributed by atoms with Crippen LogP contribution in [0.3, 0.4) is 0 Å². The number of esters is 1. The van der Waals surface area contributed by atoms with Crippen LogP contribution in [0.15, 0.2) is 0 Å². The van der Waals surface area contributed by atoms with E-state index in [1.165, 1.54) is 7.11 Å². The second-order valence-electron chi connectivity index (χ2n) is 4.28. The standard InChI is InChI=1S/C13H29N3O2/c1-5-15(6-2)9-8-10-16(7-3)12(11-14)13(17)18-4/h12H,5-11,14H2,1-4H3. The van der Waals surface area contributed by atoms with Gasteiger partial charge in [0.05, 0.1) is 7.11 Å². The van der Waals surface area contributed by atoms with Crippen LogP contribution in [0.4, 0.5) is 0 Å². The Balaban J connectivity index is 4.20. The van der Waals surface area contributed by atoms with Crippen LogP contribution in [-0.2, 0) is 9.53 Å². The maximum Gasteiger partial charge on any atom is 0.324 e. The highest BCUT2D eigenvalue weighted by atomic mass is 16.5. The first-order chi connectivity index (χ1) is 8.64. The normalized spacial score (nSPS) is 13.1. The second-order valence-corrected chi connectivity index (χ2v) is 4.28. The fourth-order valence-corrected chi connectivity index (χ4v) is 2.10. The molecule has 0 heterocycles. The maximum atomic E-state index is 11.6. The first-order valence-electron chi connectivity index (χ1n) is 6.88. The number of carbonyl (C=O) groups is 1. The molecule has 1 atom stereocenters. The molecule has 5 nitrogen and oxygen atoms in total. The first kappa shape index (κ1) is 17.4. The number of nitrogens with two attached hydrogens (primary N) is 1. The third kappa shape index (κ3) is 5.80. The number of nitrogens with zero attached hydrogens (tertiary/aromatic N) is 2. The molecule has 1 unspecified atom stereocenters. The van der Waals surface area contributed by atoms with Gasteiger partial charge in [0.1, 0.15) is 6.04 Å². The molecule has 18 heavy (non-hydrogen) atoms. The Bertz CT molecular complexity index is 220. The van der Waals surface area contributed by atoms with E-state index in [0.29, 0.717) is 6.54 Å². The van der Waals surface area contributed by atoms with Gasteiger partial charge in [0, 0.05) is 13.1 Å². The van der Waals surface area contributed by atoms with Gasteiger partial charge in [-0.05, 0) is 32.6 Å². The van der Waals surface area contributed by atoms with Crippen molar-refractivity contribution in [3.05, 3.63) is 0 Å². The number of hydrogen-bond acceptors (Lipinski definition) is 5. The fraction of sp³-hybridized carbons (Fsp3) is 0.923. The summed E-state index contributed by atoms with van der Waals surface area (Å²) in [6.45, 7) is 11.6. The van der Waals surface area contributed by atoms with Crippen LogP contribution in [0.25, 0.3) is 0 Å². The molecular formula is C13H29N3O2. The van der Waals surface area contributed by atoms with Gasteiger partial charge in [0.25, 0.3) is 0 Å². The Morgan fingerprint density at radius 1 is 1.17 bits per heavy atom. The Hall–Kier alpha value is -0.650. The molecule has 0 saturated carbocycles. The molecule has 0 aliphatic rings. The number of likely N-dealkylation sites (N-methyl/N-ethyl adjacent to an activating group) is 1. The minimum absolute atomic E-state index is 0.234. The summed E-state index contributed by atoms with van der Waals surface area (Å²) in [5, 5.41) is 0. The van der Waals surface area contributed by atoms with Gasteiger partial charge in [0.2, 0.25) is 0 Å². The third-order valence-electron chi connectivity index (χ3n) is 3.36. The van der Waals surface area contributed by atoms with Crippen molar-refractivity contribution in [2.75, 3.05) is 46.4 Å². The van der Waals surface area contributed by atoms with Gasteiger partial charge in [-0.2, -0.15) is 0 Å². The Kier molecular flexibility index (Phi) is 9.92. The average molecular weight is 259 g/mol. The molecular weight excluding hydrogens is 230 g/mol. The quantitative estimate of drug-likeness (QED) is 0.580.